The predicted molar refractivity (Wildman–Crippen MR) is 79.7 cm³/mol. The van der Waals surface area contributed by atoms with E-state index in [0.29, 0.717) is 12.5 Å². The van der Waals surface area contributed by atoms with Crippen molar-refractivity contribution < 1.29 is 4.79 Å². The van der Waals surface area contributed by atoms with Gasteiger partial charge in [0.15, 0.2) is 0 Å². The molecule has 2 heteroatoms. The second-order valence-corrected chi connectivity index (χ2v) is 5.48. The van der Waals surface area contributed by atoms with Crippen LogP contribution >= 0.6 is 0 Å². The smallest absolute Gasteiger partial charge is 0.220 e. The van der Waals surface area contributed by atoms with Crippen LogP contribution in [0.15, 0.2) is 0 Å². The lowest BCUT2D eigenvalue weighted by atomic mass is 10.1. The Labute approximate surface area is 114 Å². The Hall–Kier alpha value is -0.530. The van der Waals surface area contributed by atoms with E-state index in [4.69, 9.17) is 0 Å². The largest absolute Gasteiger partial charge is 0.354 e. The van der Waals surface area contributed by atoms with Crippen LogP contribution in [0.5, 0.6) is 0 Å². The average molecular weight is 255 g/mol. The number of carbonyl (C=O) groups excluding carboxylic acids is 1. The number of hydrogen-bond donors (Lipinski definition) is 1. The summed E-state index contributed by atoms with van der Waals surface area (Å²) in [5.74, 6) is 0.243. The van der Waals surface area contributed by atoms with Crippen LogP contribution in [-0.2, 0) is 4.79 Å². The molecule has 0 aliphatic heterocycles. The maximum Gasteiger partial charge on any atom is 0.220 e. The third kappa shape index (κ3) is 11.9. The molecule has 0 bridgehead atoms. The molecule has 1 atom stereocenters. The van der Waals surface area contributed by atoms with Crippen LogP contribution in [-0.4, -0.2) is 11.9 Å². The number of amides is 1. The predicted octanol–water partition coefficient (Wildman–Crippen LogP) is 4.82. The molecule has 0 saturated carbocycles. The Bertz CT molecular complexity index is 192. The lowest BCUT2D eigenvalue weighted by Crippen LogP contribution is -2.32. The van der Waals surface area contributed by atoms with Crippen LogP contribution in [0.2, 0.25) is 0 Å². The van der Waals surface area contributed by atoms with E-state index in [1.54, 1.807) is 0 Å². The summed E-state index contributed by atoms with van der Waals surface area (Å²) in [5.41, 5.74) is 0. The molecule has 0 radical (unpaired) electrons. The van der Waals surface area contributed by atoms with E-state index in [0.717, 1.165) is 12.8 Å². The first-order valence-corrected chi connectivity index (χ1v) is 8.00. The van der Waals surface area contributed by atoms with Crippen LogP contribution < -0.4 is 5.32 Å². The lowest BCUT2D eigenvalue weighted by molar-refractivity contribution is -0.121. The molecule has 108 valence electrons. The van der Waals surface area contributed by atoms with Gasteiger partial charge in [-0.15, -0.1) is 0 Å². The molecule has 0 saturated heterocycles. The van der Waals surface area contributed by atoms with E-state index in [9.17, 15) is 4.79 Å². The molecule has 0 fully saturated rings. The molecule has 0 heterocycles. The molecule has 0 aromatic rings. The third-order valence-electron chi connectivity index (χ3n) is 3.41. The average Bonchev–Trinajstić information content (AvgIpc) is 2.35. The summed E-state index contributed by atoms with van der Waals surface area (Å²) < 4.78 is 0. The normalized spacial score (nSPS) is 12.4. The molecule has 0 aromatic carbocycles. The van der Waals surface area contributed by atoms with Gasteiger partial charge in [-0.1, -0.05) is 65.2 Å². The van der Waals surface area contributed by atoms with Gasteiger partial charge in [-0.05, 0) is 19.8 Å². The Morgan fingerprint density at radius 2 is 1.44 bits per heavy atom. The van der Waals surface area contributed by atoms with Gasteiger partial charge >= 0.3 is 0 Å². The number of carbonyl (C=O) groups is 1. The third-order valence-corrected chi connectivity index (χ3v) is 3.41. The second kappa shape index (κ2) is 12.9. The van der Waals surface area contributed by atoms with Crippen molar-refractivity contribution in [3.05, 3.63) is 0 Å². The molecule has 0 rings (SSSR count). The van der Waals surface area contributed by atoms with Gasteiger partial charge in [0.25, 0.3) is 0 Å². The van der Waals surface area contributed by atoms with Crippen LogP contribution in [0.4, 0.5) is 0 Å². The van der Waals surface area contributed by atoms with E-state index in [1.165, 1.54) is 51.4 Å². The highest BCUT2D eigenvalue weighted by Crippen LogP contribution is 2.08. The van der Waals surface area contributed by atoms with Crippen molar-refractivity contribution in [1.82, 2.24) is 5.32 Å². The zero-order valence-electron chi connectivity index (χ0n) is 12.8. The van der Waals surface area contributed by atoms with Crippen LogP contribution in [0, 0.1) is 0 Å². The Balaban J connectivity index is 3.31. The molecule has 0 aromatic heterocycles. The summed E-state index contributed by atoms with van der Waals surface area (Å²) in [6.07, 6.45) is 13.1. The maximum absolute atomic E-state index is 11.6. The minimum atomic E-state index is 0.243. The van der Waals surface area contributed by atoms with Crippen molar-refractivity contribution in [3.8, 4) is 0 Å². The van der Waals surface area contributed by atoms with Crippen molar-refractivity contribution in [2.45, 2.75) is 97.4 Å². The minimum absolute atomic E-state index is 0.243. The maximum atomic E-state index is 11.6. The lowest BCUT2D eigenvalue weighted by Gasteiger charge is -2.13. The number of rotatable bonds is 12. The first-order chi connectivity index (χ1) is 8.70. The number of nitrogens with one attached hydrogen (secondary N) is 1. The van der Waals surface area contributed by atoms with E-state index in [1.807, 2.05) is 0 Å². The zero-order valence-corrected chi connectivity index (χ0v) is 12.8. The molecule has 1 N–H and O–H groups in total. The molecular weight excluding hydrogens is 222 g/mol. The summed E-state index contributed by atoms with van der Waals surface area (Å²) >= 11 is 0. The van der Waals surface area contributed by atoms with Crippen LogP contribution in [0.3, 0.4) is 0 Å². The fourth-order valence-electron chi connectivity index (χ4n) is 2.17. The highest BCUT2D eigenvalue weighted by atomic mass is 16.1. The first kappa shape index (κ1) is 17.5. The topological polar surface area (TPSA) is 29.1 Å². The molecule has 18 heavy (non-hydrogen) atoms. The van der Waals surface area contributed by atoms with Crippen LogP contribution in [0.25, 0.3) is 0 Å². The Morgan fingerprint density at radius 1 is 0.889 bits per heavy atom. The molecular formula is C16H33NO. The van der Waals surface area contributed by atoms with E-state index in [2.05, 4.69) is 26.1 Å². The molecule has 0 spiro atoms. The van der Waals surface area contributed by atoms with Gasteiger partial charge in [-0.2, -0.15) is 0 Å². The summed E-state index contributed by atoms with van der Waals surface area (Å²) in [5, 5.41) is 3.09. The Kier molecular flexibility index (Phi) is 12.5. The molecule has 1 unspecified atom stereocenters. The molecule has 0 aliphatic carbocycles. The highest BCUT2D eigenvalue weighted by Gasteiger charge is 2.06. The minimum Gasteiger partial charge on any atom is -0.354 e. The van der Waals surface area contributed by atoms with Gasteiger partial charge in [-0.25, -0.2) is 0 Å². The quantitative estimate of drug-likeness (QED) is 0.498. The SMILES string of the molecule is CCCCCCCCCC(=O)NC(C)CCCC. The van der Waals surface area contributed by atoms with Gasteiger partial charge in [0.1, 0.15) is 0 Å². The molecule has 0 aliphatic rings. The first-order valence-electron chi connectivity index (χ1n) is 8.00. The summed E-state index contributed by atoms with van der Waals surface area (Å²) in [4.78, 5) is 11.6. The van der Waals surface area contributed by atoms with Gasteiger partial charge in [0.2, 0.25) is 5.91 Å². The van der Waals surface area contributed by atoms with Crippen molar-refractivity contribution in [2.75, 3.05) is 0 Å². The van der Waals surface area contributed by atoms with Gasteiger partial charge in [0, 0.05) is 12.5 Å². The Morgan fingerprint density at radius 3 is 2.06 bits per heavy atom. The summed E-state index contributed by atoms with van der Waals surface area (Å²) in [7, 11) is 0. The van der Waals surface area contributed by atoms with E-state index >= 15 is 0 Å². The van der Waals surface area contributed by atoms with Crippen molar-refractivity contribution in [3.63, 3.8) is 0 Å². The van der Waals surface area contributed by atoms with Crippen LogP contribution in [0.1, 0.15) is 91.4 Å². The molecule has 1 amide bonds. The highest BCUT2D eigenvalue weighted by molar-refractivity contribution is 5.76. The molecule has 2 nitrogen and oxygen atoms in total. The second-order valence-electron chi connectivity index (χ2n) is 5.48. The van der Waals surface area contributed by atoms with E-state index in [-0.39, 0.29) is 5.91 Å². The standard InChI is InChI=1S/C16H33NO/c1-4-6-8-9-10-11-12-14-16(18)17-15(3)13-7-5-2/h15H,4-14H2,1-3H3,(H,17,18). The number of hydrogen-bond acceptors (Lipinski definition) is 1. The summed E-state index contributed by atoms with van der Waals surface area (Å²) in [6.45, 7) is 6.54. The fraction of sp³-hybridized carbons (Fsp3) is 0.938. The van der Waals surface area contributed by atoms with Gasteiger partial charge in [-0.3, -0.25) is 4.79 Å². The fourth-order valence-corrected chi connectivity index (χ4v) is 2.17. The van der Waals surface area contributed by atoms with E-state index < -0.39 is 0 Å². The van der Waals surface area contributed by atoms with Crippen molar-refractivity contribution in [1.29, 1.82) is 0 Å². The van der Waals surface area contributed by atoms with Gasteiger partial charge in [0.05, 0.1) is 0 Å². The zero-order chi connectivity index (χ0) is 13.6. The summed E-state index contributed by atoms with van der Waals surface area (Å²) in [6, 6.07) is 0.349. The van der Waals surface area contributed by atoms with Crippen molar-refractivity contribution >= 4 is 5.91 Å². The number of unbranched alkanes of at least 4 members (excludes halogenated alkanes) is 7. The van der Waals surface area contributed by atoms with Gasteiger partial charge < -0.3 is 5.32 Å². The monoisotopic (exact) mass is 255 g/mol. The van der Waals surface area contributed by atoms with Crippen molar-refractivity contribution in [2.24, 2.45) is 0 Å².